The maximum Gasteiger partial charge on any atom is 0.338 e. The molecule has 0 fully saturated rings. The highest BCUT2D eigenvalue weighted by atomic mass is 32.2. The number of esters is 1. The summed E-state index contributed by atoms with van der Waals surface area (Å²) in [6.07, 6.45) is 0. The fourth-order valence-corrected chi connectivity index (χ4v) is 4.15. The first-order valence-electron chi connectivity index (χ1n) is 9.52. The molecule has 0 N–H and O–H groups in total. The zero-order valence-electron chi connectivity index (χ0n) is 17.6. The van der Waals surface area contributed by atoms with Gasteiger partial charge in [-0.2, -0.15) is 0 Å². The van der Waals surface area contributed by atoms with Gasteiger partial charge in [-0.1, -0.05) is 12.1 Å². The van der Waals surface area contributed by atoms with Crippen molar-refractivity contribution in [1.29, 1.82) is 0 Å². The van der Waals surface area contributed by atoms with Gasteiger partial charge in [0.25, 0.3) is 10.0 Å². The van der Waals surface area contributed by atoms with Crippen LogP contribution >= 0.6 is 0 Å². The lowest BCUT2D eigenvalue weighted by Gasteiger charge is -2.21. The number of sulfonamides is 1. The molecule has 3 rings (SSSR count). The SMILES string of the molecule is COc1ccccc1N(C)S(=O)(=O)c1ccc(C(=O)OCC(=O)c2cc(F)ccc2F)cc1. The lowest BCUT2D eigenvalue weighted by molar-refractivity contribution is 0.0473. The summed E-state index contributed by atoms with van der Waals surface area (Å²) in [4.78, 5) is 24.1. The third-order valence-corrected chi connectivity index (χ3v) is 6.52. The Morgan fingerprint density at radius 3 is 2.30 bits per heavy atom. The third kappa shape index (κ3) is 5.17. The maximum absolute atomic E-state index is 13.7. The summed E-state index contributed by atoms with van der Waals surface area (Å²) < 4.78 is 63.9. The predicted molar refractivity (Wildman–Crippen MR) is 116 cm³/mol. The van der Waals surface area contributed by atoms with Crippen molar-refractivity contribution >= 4 is 27.5 Å². The van der Waals surface area contributed by atoms with Crippen LogP contribution in [0.3, 0.4) is 0 Å². The minimum atomic E-state index is -3.97. The van der Waals surface area contributed by atoms with E-state index in [2.05, 4.69) is 0 Å². The van der Waals surface area contributed by atoms with Gasteiger partial charge in [0.1, 0.15) is 17.4 Å². The van der Waals surface area contributed by atoms with Gasteiger partial charge >= 0.3 is 5.97 Å². The van der Waals surface area contributed by atoms with E-state index < -0.39 is 45.6 Å². The van der Waals surface area contributed by atoms with Crippen molar-refractivity contribution in [3.8, 4) is 5.75 Å². The van der Waals surface area contributed by atoms with Gasteiger partial charge in [0.05, 0.1) is 28.8 Å². The molecule has 3 aromatic rings. The zero-order chi connectivity index (χ0) is 24.2. The van der Waals surface area contributed by atoms with Gasteiger partial charge in [-0.15, -0.1) is 0 Å². The molecule has 0 bridgehead atoms. The van der Waals surface area contributed by atoms with E-state index in [1.165, 1.54) is 38.4 Å². The Kier molecular flexibility index (Phi) is 7.07. The van der Waals surface area contributed by atoms with Crippen molar-refractivity contribution in [3.05, 3.63) is 89.5 Å². The van der Waals surface area contributed by atoms with E-state index in [0.29, 0.717) is 17.5 Å². The van der Waals surface area contributed by atoms with E-state index in [9.17, 15) is 26.8 Å². The largest absolute Gasteiger partial charge is 0.495 e. The fraction of sp³-hybridized carbons (Fsp3) is 0.130. The van der Waals surface area contributed by atoms with E-state index in [0.717, 1.165) is 16.4 Å². The molecule has 0 spiro atoms. The number of ether oxygens (including phenoxy) is 2. The Bertz CT molecular complexity index is 1290. The Balaban J connectivity index is 1.72. The second-order valence-corrected chi connectivity index (χ2v) is 8.76. The Hall–Kier alpha value is -3.79. The number of methoxy groups -OCH3 is 1. The van der Waals surface area contributed by atoms with Crippen LogP contribution in [0.25, 0.3) is 0 Å². The number of hydrogen-bond acceptors (Lipinski definition) is 6. The maximum atomic E-state index is 13.7. The van der Waals surface area contributed by atoms with Gasteiger partial charge in [-0.3, -0.25) is 9.10 Å². The van der Waals surface area contributed by atoms with Gasteiger partial charge in [-0.25, -0.2) is 22.0 Å². The number of ketones is 1. The Morgan fingerprint density at radius 1 is 0.970 bits per heavy atom. The van der Waals surface area contributed by atoms with E-state index >= 15 is 0 Å². The number of Topliss-reactive ketones (excluding diaryl/α,β-unsaturated/α-hetero) is 1. The van der Waals surface area contributed by atoms with Gasteiger partial charge < -0.3 is 9.47 Å². The van der Waals surface area contributed by atoms with Gasteiger partial charge in [0.2, 0.25) is 5.78 Å². The summed E-state index contributed by atoms with van der Waals surface area (Å²) in [5, 5.41) is 0. The van der Waals surface area contributed by atoms with Gasteiger partial charge in [0.15, 0.2) is 6.61 Å². The number of carbonyl (C=O) groups is 2. The molecule has 0 atom stereocenters. The average Bonchev–Trinajstić information content (AvgIpc) is 2.83. The van der Waals surface area contributed by atoms with Crippen LogP contribution in [0.2, 0.25) is 0 Å². The summed E-state index contributed by atoms with van der Waals surface area (Å²) in [5.41, 5.74) is -0.239. The molecular formula is C23H19F2NO6S. The molecule has 0 aliphatic rings. The number of para-hydroxylation sites is 2. The molecule has 0 heterocycles. The third-order valence-electron chi connectivity index (χ3n) is 4.74. The normalized spacial score (nSPS) is 11.0. The number of anilines is 1. The summed E-state index contributed by atoms with van der Waals surface area (Å²) in [5.74, 6) is -3.23. The van der Waals surface area contributed by atoms with Gasteiger partial charge in [0, 0.05) is 7.05 Å². The minimum Gasteiger partial charge on any atom is -0.495 e. The standard InChI is InChI=1S/C23H19F2NO6S/c1-26(20-5-3-4-6-22(20)31-2)33(29,30)17-10-7-15(8-11-17)23(28)32-14-21(27)18-13-16(24)9-12-19(18)25/h3-13H,14H2,1-2H3. The molecule has 10 heteroatoms. The number of nitrogens with zero attached hydrogens (tertiary/aromatic N) is 1. The van der Waals surface area contributed by atoms with Crippen LogP contribution in [-0.2, 0) is 14.8 Å². The quantitative estimate of drug-likeness (QED) is 0.363. The molecule has 3 aromatic carbocycles. The Morgan fingerprint density at radius 2 is 1.64 bits per heavy atom. The van der Waals surface area contributed by atoms with E-state index in [-0.39, 0.29) is 10.5 Å². The summed E-state index contributed by atoms with van der Waals surface area (Å²) in [6.45, 7) is -0.810. The van der Waals surface area contributed by atoms with Crippen molar-refractivity contribution in [1.82, 2.24) is 0 Å². The number of rotatable bonds is 8. The highest BCUT2D eigenvalue weighted by Gasteiger charge is 2.24. The van der Waals surface area contributed by atoms with E-state index in [1.807, 2.05) is 0 Å². The smallest absolute Gasteiger partial charge is 0.338 e. The Labute approximate surface area is 189 Å². The molecule has 0 saturated heterocycles. The minimum absolute atomic E-state index is 0.0265. The molecule has 0 radical (unpaired) electrons. The van der Waals surface area contributed by atoms with E-state index in [4.69, 9.17) is 9.47 Å². The van der Waals surface area contributed by atoms with Crippen molar-refractivity contribution in [2.75, 3.05) is 25.1 Å². The number of halogens is 2. The highest BCUT2D eigenvalue weighted by Crippen LogP contribution is 2.30. The second kappa shape index (κ2) is 9.78. The van der Waals surface area contributed by atoms with Crippen LogP contribution in [0, 0.1) is 11.6 Å². The average molecular weight is 475 g/mol. The monoisotopic (exact) mass is 475 g/mol. The summed E-state index contributed by atoms with van der Waals surface area (Å²) in [6, 6.07) is 13.8. The van der Waals surface area contributed by atoms with Crippen molar-refractivity contribution in [2.45, 2.75) is 4.90 Å². The number of carbonyl (C=O) groups excluding carboxylic acids is 2. The first kappa shape index (κ1) is 23.9. The lowest BCUT2D eigenvalue weighted by atomic mass is 10.1. The molecule has 0 aliphatic carbocycles. The first-order chi connectivity index (χ1) is 15.6. The van der Waals surface area contributed by atoms with Crippen LogP contribution in [0.1, 0.15) is 20.7 Å². The summed E-state index contributed by atoms with van der Waals surface area (Å²) in [7, 11) is -1.18. The van der Waals surface area contributed by atoms with Crippen LogP contribution in [-0.4, -0.2) is 40.9 Å². The molecule has 33 heavy (non-hydrogen) atoms. The fourth-order valence-electron chi connectivity index (χ4n) is 2.94. The van der Waals surface area contributed by atoms with Crippen LogP contribution in [0.15, 0.2) is 71.6 Å². The molecule has 0 aromatic heterocycles. The molecule has 0 unspecified atom stereocenters. The van der Waals surface area contributed by atoms with Gasteiger partial charge in [-0.05, 0) is 54.6 Å². The highest BCUT2D eigenvalue weighted by molar-refractivity contribution is 7.92. The van der Waals surface area contributed by atoms with Crippen LogP contribution < -0.4 is 9.04 Å². The molecule has 172 valence electrons. The molecule has 7 nitrogen and oxygen atoms in total. The van der Waals surface area contributed by atoms with Crippen molar-refractivity contribution in [3.63, 3.8) is 0 Å². The second-order valence-electron chi connectivity index (χ2n) is 6.79. The van der Waals surface area contributed by atoms with Crippen LogP contribution in [0.5, 0.6) is 5.75 Å². The van der Waals surface area contributed by atoms with E-state index in [1.54, 1.807) is 24.3 Å². The molecule has 0 saturated carbocycles. The molecule has 0 amide bonds. The topological polar surface area (TPSA) is 90.0 Å². The first-order valence-corrected chi connectivity index (χ1v) is 11.0. The van der Waals surface area contributed by atoms with Crippen molar-refractivity contribution < 1.29 is 36.3 Å². The number of hydrogen-bond donors (Lipinski definition) is 0. The number of benzene rings is 3. The molecular weight excluding hydrogens is 456 g/mol. The van der Waals surface area contributed by atoms with Crippen molar-refractivity contribution in [2.24, 2.45) is 0 Å². The summed E-state index contributed by atoms with van der Waals surface area (Å²) >= 11 is 0. The van der Waals surface area contributed by atoms with Crippen LogP contribution in [0.4, 0.5) is 14.5 Å². The zero-order valence-corrected chi connectivity index (χ0v) is 18.4. The molecule has 0 aliphatic heterocycles. The predicted octanol–water partition coefficient (Wildman–Crippen LogP) is 3.84. The lowest BCUT2D eigenvalue weighted by Crippen LogP contribution is -2.27.